The van der Waals surface area contributed by atoms with Gasteiger partial charge in [-0.15, -0.1) is 0 Å². The predicted molar refractivity (Wildman–Crippen MR) is 67.3 cm³/mol. The molecule has 1 fully saturated rings. The molecule has 2 aromatic rings. The lowest BCUT2D eigenvalue weighted by atomic mass is 10.2. The molecule has 0 bridgehead atoms. The van der Waals surface area contributed by atoms with Crippen LogP contribution in [0.1, 0.15) is 25.8 Å². The van der Waals surface area contributed by atoms with E-state index in [9.17, 15) is 4.39 Å². The highest BCUT2D eigenvalue weighted by Crippen LogP contribution is 2.40. The first kappa shape index (κ1) is 11.2. The van der Waals surface area contributed by atoms with Crippen molar-refractivity contribution in [3.8, 4) is 11.4 Å². The summed E-state index contributed by atoms with van der Waals surface area (Å²) in [5, 5.41) is 4.48. The van der Waals surface area contributed by atoms with Gasteiger partial charge in [0.2, 0.25) is 0 Å². The third kappa shape index (κ3) is 1.96. The Morgan fingerprint density at radius 3 is 2.83 bits per heavy atom. The minimum atomic E-state index is -0.358. The Labute approximate surface area is 105 Å². The topological polar surface area (TPSA) is 56.7 Å². The van der Waals surface area contributed by atoms with Gasteiger partial charge in [0.05, 0.1) is 23.6 Å². The van der Waals surface area contributed by atoms with E-state index in [4.69, 9.17) is 5.73 Å². The number of pyridine rings is 1. The number of nitrogens with two attached hydrogens (primary N) is 1. The van der Waals surface area contributed by atoms with Gasteiger partial charge in [0.15, 0.2) is 0 Å². The number of aromatic nitrogens is 3. The fourth-order valence-electron chi connectivity index (χ4n) is 2.12. The van der Waals surface area contributed by atoms with Gasteiger partial charge in [0.25, 0.3) is 0 Å². The van der Waals surface area contributed by atoms with E-state index in [0.29, 0.717) is 29.0 Å². The van der Waals surface area contributed by atoms with Gasteiger partial charge in [-0.05, 0) is 37.8 Å². The van der Waals surface area contributed by atoms with Crippen molar-refractivity contribution >= 4 is 5.69 Å². The zero-order chi connectivity index (χ0) is 12.7. The molecular weight excluding hydrogens is 231 g/mol. The first-order valence-corrected chi connectivity index (χ1v) is 6.11. The van der Waals surface area contributed by atoms with Gasteiger partial charge in [-0.25, -0.2) is 4.39 Å². The molecule has 94 valence electrons. The van der Waals surface area contributed by atoms with Crippen LogP contribution in [0.5, 0.6) is 0 Å². The number of nitrogens with zero attached hydrogens (tertiary/aromatic N) is 3. The van der Waals surface area contributed by atoms with Crippen molar-refractivity contribution in [1.82, 2.24) is 14.8 Å². The molecule has 0 aromatic carbocycles. The van der Waals surface area contributed by atoms with Crippen LogP contribution in [0, 0.1) is 11.7 Å². The molecule has 1 atom stereocenters. The predicted octanol–water partition coefficient (Wildman–Crippen LogP) is 2.64. The molecular formula is C13H15FN4. The fourth-order valence-corrected chi connectivity index (χ4v) is 2.12. The molecule has 1 unspecified atom stereocenters. The van der Waals surface area contributed by atoms with Crippen molar-refractivity contribution in [2.24, 2.45) is 5.92 Å². The average Bonchev–Trinajstić information content (AvgIpc) is 3.13. The van der Waals surface area contributed by atoms with Crippen LogP contribution < -0.4 is 5.73 Å². The van der Waals surface area contributed by atoms with Gasteiger partial charge >= 0.3 is 0 Å². The summed E-state index contributed by atoms with van der Waals surface area (Å²) in [6.45, 7) is 2.14. The van der Waals surface area contributed by atoms with E-state index in [0.717, 1.165) is 0 Å². The Balaban J connectivity index is 1.94. The van der Waals surface area contributed by atoms with Crippen LogP contribution in [-0.4, -0.2) is 14.8 Å². The molecule has 0 spiro atoms. The highest BCUT2D eigenvalue weighted by molar-refractivity contribution is 5.68. The third-order valence-electron chi connectivity index (χ3n) is 3.45. The number of hydrogen-bond acceptors (Lipinski definition) is 3. The van der Waals surface area contributed by atoms with E-state index in [1.807, 2.05) is 10.9 Å². The molecule has 2 N–H and O–H groups in total. The van der Waals surface area contributed by atoms with Crippen molar-refractivity contribution in [2.75, 3.05) is 5.73 Å². The molecule has 1 aliphatic rings. The number of hydrogen-bond donors (Lipinski definition) is 1. The molecule has 0 amide bonds. The lowest BCUT2D eigenvalue weighted by molar-refractivity contribution is 0.441. The second-order valence-corrected chi connectivity index (χ2v) is 4.85. The summed E-state index contributed by atoms with van der Waals surface area (Å²) in [7, 11) is 0. The van der Waals surface area contributed by atoms with Crippen LogP contribution in [0.4, 0.5) is 10.1 Å². The molecule has 1 aliphatic carbocycles. The number of rotatable bonds is 3. The third-order valence-corrected chi connectivity index (χ3v) is 3.45. The maximum atomic E-state index is 12.8. The van der Waals surface area contributed by atoms with Crippen LogP contribution in [-0.2, 0) is 0 Å². The van der Waals surface area contributed by atoms with E-state index in [-0.39, 0.29) is 5.82 Å². The van der Waals surface area contributed by atoms with E-state index >= 15 is 0 Å². The molecule has 0 aliphatic heterocycles. The smallest absolute Gasteiger partial charge is 0.141 e. The minimum Gasteiger partial charge on any atom is -0.396 e. The average molecular weight is 246 g/mol. The van der Waals surface area contributed by atoms with Crippen molar-refractivity contribution in [3.63, 3.8) is 0 Å². The Morgan fingerprint density at radius 1 is 1.44 bits per heavy atom. The largest absolute Gasteiger partial charge is 0.396 e. The van der Waals surface area contributed by atoms with E-state index in [2.05, 4.69) is 17.0 Å². The molecule has 3 rings (SSSR count). The summed E-state index contributed by atoms with van der Waals surface area (Å²) in [6.07, 6.45) is 5.53. The van der Waals surface area contributed by atoms with Gasteiger partial charge in [-0.1, -0.05) is 0 Å². The maximum Gasteiger partial charge on any atom is 0.141 e. The van der Waals surface area contributed by atoms with Gasteiger partial charge in [0.1, 0.15) is 11.5 Å². The quantitative estimate of drug-likeness (QED) is 0.905. The maximum absolute atomic E-state index is 12.8. The number of anilines is 1. The summed E-state index contributed by atoms with van der Waals surface area (Å²) in [5.41, 5.74) is 7.77. The summed E-state index contributed by atoms with van der Waals surface area (Å²) >= 11 is 0. The van der Waals surface area contributed by atoms with Crippen molar-refractivity contribution < 1.29 is 4.39 Å². The lowest BCUT2D eigenvalue weighted by Gasteiger charge is -2.09. The Morgan fingerprint density at radius 2 is 2.22 bits per heavy atom. The zero-order valence-electron chi connectivity index (χ0n) is 10.2. The van der Waals surface area contributed by atoms with E-state index in [1.54, 1.807) is 6.07 Å². The Hall–Kier alpha value is -1.91. The van der Waals surface area contributed by atoms with Crippen molar-refractivity contribution in [2.45, 2.75) is 25.8 Å². The molecule has 5 heteroatoms. The number of nitrogen functional groups attached to an aromatic ring is 1. The highest BCUT2D eigenvalue weighted by atomic mass is 19.1. The van der Waals surface area contributed by atoms with E-state index in [1.165, 1.54) is 25.1 Å². The van der Waals surface area contributed by atoms with Crippen molar-refractivity contribution in [3.05, 3.63) is 30.3 Å². The number of halogens is 1. The van der Waals surface area contributed by atoms with Crippen LogP contribution in [0.2, 0.25) is 0 Å². The van der Waals surface area contributed by atoms with Crippen LogP contribution >= 0.6 is 0 Å². The highest BCUT2D eigenvalue weighted by Gasteiger charge is 2.30. The first-order chi connectivity index (χ1) is 8.65. The molecule has 1 saturated carbocycles. The van der Waals surface area contributed by atoms with Crippen LogP contribution in [0.25, 0.3) is 11.4 Å². The Bertz CT molecular complexity index is 557. The monoisotopic (exact) mass is 246 g/mol. The van der Waals surface area contributed by atoms with Gasteiger partial charge in [-0.3, -0.25) is 9.67 Å². The molecule has 4 nitrogen and oxygen atoms in total. The zero-order valence-corrected chi connectivity index (χ0v) is 10.2. The van der Waals surface area contributed by atoms with Crippen LogP contribution in [0.3, 0.4) is 0 Å². The second kappa shape index (κ2) is 4.08. The van der Waals surface area contributed by atoms with Gasteiger partial charge in [-0.2, -0.15) is 5.10 Å². The standard InChI is InChI=1S/C13H15FN4/c1-8(9-2-3-9)18-7-11(15)13(17-18)12-5-4-10(14)6-16-12/h4-9H,2-3,15H2,1H3. The molecule has 0 saturated heterocycles. The SMILES string of the molecule is CC(C1CC1)n1cc(N)c(-c2ccc(F)cn2)n1. The summed E-state index contributed by atoms with van der Waals surface area (Å²) in [5.74, 6) is 0.349. The summed E-state index contributed by atoms with van der Waals surface area (Å²) in [4.78, 5) is 4.01. The molecule has 18 heavy (non-hydrogen) atoms. The normalized spacial score (nSPS) is 16.8. The molecule has 0 radical (unpaired) electrons. The fraction of sp³-hybridized carbons (Fsp3) is 0.385. The van der Waals surface area contributed by atoms with Crippen LogP contribution in [0.15, 0.2) is 24.5 Å². The first-order valence-electron chi connectivity index (χ1n) is 6.11. The van der Waals surface area contributed by atoms with Gasteiger partial charge in [0, 0.05) is 6.20 Å². The molecule has 2 aromatic heterocycles. The summed E-state index contributed by atoms with van der Waals surface area (Å²) in [6, 6.07) is 3.33. The lowest BCUT2D eigenvalue weighted by Crippen LogP contribution is -2.07. The van der Waals surface area contributed by atoms with Crippen molar-refractivity contribution in [1.29, 1.82) is 0 Å². The van der Waals surface area contributed by atoms with Gasteiger partial charge < -0.3 is 5.73 Å². The molecule has 2 heterocycles. The Kier molecular flexibility index (Phi) is 2.54. The second-order valence-electron chi connectivity index (χ2n) is 4.85. The van der Waals surface area contributed by atoms with E-state index < -0.39 is 0 Å². The minimum absolute atomic E-state index is 0.358. The summed E-state index contributed by atoms with van der Waals surface area (Å²) < 4.78 is 14.7.